The van der Waals surface area contributed by atoms with Crippen molar-refractivity contribution in [3.05, 3.63) is 75.1 Å². The minimum absolute atomic E-state index is 0. The van der Waals surface area contributed by atoms with Crippen LogP contribution >= 0.6 is 23.9 Å². The zero-order chi connectivity index (χ0) is 24.5. The average Bonchev–Trinajstić information content (AvgIpc) is 3.40. The van der Waals surface area contributed by atoms with Crippen LogP contribution in [0, 0.1) is 5.95 Å². The van der Waals surface area contributed by atoms with Crippen LogP contribution in [0.3, 0.4) is 0 Å². The highest BCUT2D eigenvalue weighted by Gasteiger charge is 2.23. The zero-order valence-corrected chi connectivity index (χ0v) is 21.2. The van der Waals surface area contributed by atoms with Crippen LogP contribution in [0.25, 0.3) is 22.2 Å². The van der Waals surface area contributed by atoms with E-state index in [1.165, 1.54) is 21.7 Å². The normalized spacial score (nSPS) is 14.1. The summed E-state index contributed by atoms with van der Waals surface area (Å²) < 4.78 is 20.0. The number of carboxylic acids is 1. The van der Waals surface area contributed by atoms with Gasteiger partial charge in [-0.05, 0) is 42.2 Å². The fraction of sp³-hybridized carbons (Fsp3) is 0.280. The van der Waals surface area contributed by atoms with Crippen LogP contribution in [0.5, 0.6) is 0 Å². The number of hydrogen-bond donors (Lipinski definition) is 1. The quantitative estimate of drug-likeness (QED) is 0.376. The molecule has 1 fully saturated rings. The molecule has 1 aliphatic rings. The average molecular weight is 530 g/mol. The molecule has 0 saturated carbocycles. The highest BCUT2D eigenvalue weighted by Crippen LogP contribution is 2.25. The maximum absolute atomic E-state index is 14.8. The lowest BCUT2D eigenvalue weighted by molar-refractivity contribution is 0.0688. The topological polar surface area (TPSA) is 91.6 Å². The smallest absolute Gasteiger partial charge is 0.344 e. The van der Waals surface area contributed by atoms with Gasteiger partial charge in [0.2, 0.25) is 11.4 Å². The van der Waals surface area contributed by atoms with Crippen LogP contribution in [0.1, 0.15) is 22.8 Å². The molecule has 36 heavy (non-hydrogen) atoms. The van der Waals surface area contributed by atoms with Crippen molar-refractivity contribution in [2.45, 2.75) is 20.0 Å². The summed E-state index contributed by atoms with van der Waals surface area (Å²) in [6.45, 7) is 6.10. The molecular weight excluding hydrogens is 505 g/mol. The van der Waals surface area contributed by atoms with E-state index in [1.54, 1.807) is 19.1 Å². The van der Waals surface area contributed by atoms with Crippen LogP contribution in [0.15, 0.2) is 52.6 Å². The summed E-state index contributed by atoms with van der Waals surface area (Å²) in [5.74, 6) is -2.55. The second-order valence-electron chi connectivity index (χ2n) is 8.50. The van der Waals surface area contributed by atoms with Crippen molar-refractivity contribution >= 4 is 46.5 Å². The molecule has 11 heteroatoms. The Morgan fingerprint density at radius 1 is 1.11 bits per heavy atom. The van der Waals surface area contributed by atoms with Gasteiger partial charge in [0, 0.05) is 61.3 Å². The molecule has 0 unspecified atom stereocenters. The lowest BCUT2D eigenvalue weighted by atomic mass is 10.1. The molecule has 3 heterocycles. The zero-order valence-electron chi connectivity index (χ0n) is 19.6. The van der Waals surface area contributed by atoms with Crippen LogP contribution in [0.4, 0.5) is 10.1 Å². The predicted molar refractivity (Wildman–Crippen MR) is 141 cm³/mol. The van der Waals surface area contributed by atoms with Gasteiger partial charge in [-0.2, -0.15) is 4.39 Å². The number of fused-ring (bicyclic) bond motifs is 1. The number of halogens is 2. The van der Waals surface area contributed by atoms with Crippen LogP contribution < -0.4 is 10.3 Å². The van der Waals surface area contributed by atoms with Crippen molar-refractivity contribution in [3.8, 4) is 11.3 Å². The number of carboxylic acid groups (broad SMARTS) is 1. The summed E-state index contributed by atoms with van der Waals surface area (Å²) >= 11 is 1.34. The van der Waals surface area contributed by atoms with Gasteiger partial charge in [-0.3, -0.25) is 9.69 Å². The molecule has 2 aromatic heterocycles. The van der Waals surface area contributed by atoms with Crippen molar-refractivity contribution in [1.29, 1.82) is 0 Å². The number of pyridine rings is 1. The van der Waals surface area contributed by atoms with Crippen molar-refractivity contribution in [2.75, 3.05) is 31.1 Å². The number of aromatic nitrogens is 3. The van der Waals surface area contributed by atoms with Gasteiger partial charge in [0.15, 0.2) is 5.56 Å². The molecule has 4 aromatic rings. The number of rotatable bonds is 6. The molecule has 0 aliphatic carbocycles. The van der Waals surface area contributed by atoms with Crippen LogP contribution in [-0.2, 0) is 13.1 Å². The Balaban J connectivity index is 0.00000304. The number of anilines is 1. The third kappa shape index (κ3) is 4.84. The lowest BCUT2D eigenvalue weighted by Gasteiger charge is -2.36. The van der Waals surface area contributed by atoms with E-state index in [-0.39, 0.29) is 24.3 Å². The Hall–Kier alpha value is -3.34. The Morgan fingerprint density at radius 3 is 2.44 bits per heavy atom. The minimum Gasteiger partial charge on any atom is -0.477 e. The fourth-order valence-electron chi connectivity index (χ4n) is 4.59. The van der Waals surface area contributed by atoms with Gasteiger partial charge in [0.05, 0.1) is 5.52 Å². The molecule has 2 aromatic carbocycles. The summed E-state index contributed by atoms with van der Waals surface area (Å²) in [5.41, 5.74) is 2.88. The maximum atomic E-state index is 14.8. The van der Waals surface area contributed by atoms with E-state index >= 15 is 0 Å². The number of hydrogen-bond acceptors (Lipinski definition) is 7. The molecule has 0 amide bonds. The molecule has 1 N–H and O–H groups in total. The fourth-order valence-corrected chi connectivity index (χ4v) is 5.05. The number of nitrogens with zero attached hydrogens (tertiary/aromatic N) is 5. The summed E-state index contributed by atoms with van der Waals surface area (Å²) in [6.07, 6.45) is 0. The van der Waals surface area contributed by atoms with Crippen LogP contribution in [0.2, 0.25) is 0 Å². The largest absolute Gasteiger partial charge is 0.477 e. The first-order valence-corrected chi connectivity index (χ1v) is 12.2. The van der Waals surface area contributed by atoms with E-state index in [0.717, 1.165) is 49.7 Å². The van der Waals surface area contributed by atoms with Crippen molar-refractivity contribution in [1.82, 2.24) is 19.1 Å². The van der Waals surface area contributed by atoms with Crippen molar-refractivity contribution in [2.24, 2.45) is 0 Å². The predicted octanol–water partition coefficient (Wildman–Crippen LogP) is 4.12. The summed E-state index contributed by atoms with van der Waals surface area (Å²) in [4.78, 5) is 28.6. The van der Waals surface area contributed by atoms with E-state index in [9.17, 15) is 19.1 Å². The first-order valence-electron chi connectivity index (χ1n) is 11.4. The Bertz CT molecular complexity index is 1440. The molecule has 1 saturated heterocycles. The highest BCUT2D eigenvalue weighted by molar-refractivity contribution is 7.03. The number of piperazine rings is 1. The van der Waals surface area contributed by atoms with E-state index in [4.69, 9.17) is 0 Å². The van der Waals surface area contributed by atoms with Gasteiger partial charge in [-0.25, -0.2) is 4.79 Å². The third-order valence-corrected chi connectivity index (χ3v) is 6.98. The van der Waals surface area contributed by atoms with Gasteiger partial charge < -0.3 is 14.6 Å². The van der Waals surface area contributed by atoms with Gasteiger partial charge >= 0.3 is 5.97 Å². The van der Waals surface area contributed by atoms with Gasteiger partial charge in [-0.1, -0.05) is 28.8 Å². The third-order valence-electron chi connectivity index (χ3n) is 6.47. The second-order valence-corrected chi connectivity index (χ2v) is 9.11. The number of aryl methyl sites for hydroxylation is 1. The van der Waals surface area contributed by atoms with Gasteiger partial charge in [-0.15, -0.1) is 17.5 Å². The molecule has 8 nitrogen and oxygen atoms in total. The SMILES string of the molecule is CCn1c(F)c(C(=O)O)c(=O)c2ccc(N3CCN(Cc4ccc(-c5csnn5)cc4)CC3)cc21.Cl. The van der Waals surface area contributed by atoms with Crippen molar-refractivity contribution < 1.29 is 14.3 Å². The maximum Gasteiger partial charge on any atom is 0.344 e. The van der Waals surface area contributed by atoms with Crippen molar-refractivity contribution in [3.63, 3.8) is 0 Å². The summed E-state index contributed by atoms with van der Waals surface area (Å²) in [7, 11) is 0. The molecule has 0 atom stereocenters. The Kier molecular flexibility index (Phi) is 7.67. The molecule has 5 rings (SSSR count). The molecule has 188 valence electrons. The Labute approximate surface area is 217 Å². The summed E-state index contributed by atoms with van der Waals surface area (Å²) in [5, 5.41) is 15.6. The van der Waals surface area contributed by atoms with Gasteiger partial charge in [0.1, 0.15) is 5.69 Å². The first kappa shape index (κ1) is 25.7. The Morgan fingerprint density at radius 2 is 1.83 bits per heavy atom. The van der Waals surface area contributed by atoms with E-state index in [1.807, 2.05) is 11.4 Å². The van der Waals surface area contributed by atoms with Gasteiger partial charge in [0.25, 0.3) is 0 Å². The summed E-state index contributed by atoms with van der Waals surface area (Å²) in [6, 6.07) is 13.6. The molecule has 0 spiro atoms. The lowest BCUT2D eigenvalue weighted by Crippen LogP contribution is -2.46. The standard InChI is InChI=1S/C25H24FN5O3S.ClH/c1-2-31-21-13-18(7-8-19(21)23(32)22(24(31)26)25(33)34)30-11-9-29(10-12-30)14-16-3-5-17(6-4-16)20-15-35-28-27-20;/h3-8,13,15H,2,9-12,14H2,1H3,(H,33,34);1H. The van der Waals surface area contributed by atoms with E-state index < -0.39 is 22.9 Å². The van der Waals surface area contributed by atoms with E-state index in [2.05, 4.69) is 43.7 Å². The monoisotopic (exact) mass is 529 g/mol. The second kappa shape index (κ2) is 10.7. The molecule has 0 radical (unpaired) electrons. The molecule has 0 bridgehead atoms. The minimum atomic E-state index is -1.55. The first-order chi connectivity index (χ1) is 17.0. The van der Waals surface area contributed by atoms with E-state index in [0.29, 0.717) is 5.52 Å². The molecular formula is C25H25ClFN5O3S. The molecule has 1 aliphatic heterocycles. The number of aromatic carboxylic acids is 1. The number of benzene rings is 2. The van der Waals surface area contributed by atoms with Crippen LogP contribution in [-0.4, -0.2) is 56.3 Å². The highest BCUT2D eigenvalue weighted by atomic mass is 35.5. The number of carbonyl (C=O) groups is 1.